The van der Waals surface area contributed by atoms with Crippen molar-refractivity contribution in [2.24, 2.45) is 0 Å². The normalized spacial score (nSPS) is 9.85. The Kier molecular flexibility index (Phi) is 13.5. The summed E-state index contributed by atoms with van der Waals surface area (Å²) in [7, 11) is 9.38. The second kappa shape index (κ2) is 17.7. The van der Waals surface area contributed by atoms with Gasteiger partial charge in [0.15, 0.2) is 40.5 Å². The molecule has 0 bridgehead atoms. The summed E-state index contributed by atoms with van der Waals surface area (Å²) in [5, 5.41) is 9.79. The van der Waals surface area contributed by atoms with Crippen LogP contribution in [0, 0.1) is 0 Å². The van der Waals surface area contributed by atoms with E-state index in [1.54, 1.807) is 85.5 Å². The molecule has 2 heterocycles. The molecular formula is C33H38ClN7O6. The number of ether oxygens (including phenoxy) is 6. The van der Waals surface area contributed by atoms with Gasteiger partial charge in [0.2, 0.25) is 11.5 Å². The van der Waals surface area contributed by atoms with Crippen molar-refractivity contribution in [3.8, 4) is 34.5 Å². The molecule has 14 heteroatoms. The number of hydrogen-bond donors (Lipinski definition) is 3. The molecule has 0 aliphatic carbocycles. The maximum atomic E-state index is 5.79. The maximum absolute atomic E-state index is 5.79. The van der Waals surface area contributed by atoms with Crippen molar-refractivity contribution in [1.29, 1.82) is 0 Å². The maximum Gasteiger partial charge on any atom is 0.203 e. The Morgan fingerprint density at radius 3 is 1.26 bits per heavy atom. The van der Waals surface area contributed by atoms with Gasteiger partial charge in [-0.25, -0.2) is 9.97 Å². The lowest BCUT2D eigenvalue weighted by atomic mass is 10.2. The fourth-order valence-electron chi connectivity index (χ4n) is 4.16. The molecule has 2 aromatic heterocycles. The summed E-state index contributed by atoms with van der Waals surface area (Å²) < 4.78 is 31.9. The van der Waals surface area contributed by atoms with E-state index in [-0.39, 0.29) is 7.43 Å². The van der Waals surface area contributed by atoms with Crippen molar-refractivity contribution in [2.45, 2.75) is 7.43 Å². The predicted octanol–water partition coefficient (Wildman–Crippen LogP) is 7.53. The molecule has 0 unspecified atom stereocenters. The van der Waals surface area contributed by atoms with Gasteiger partial charge < -0.3 is 44.4 Å². The third kappa shape index (κ3) is 9.65. The molecule has 0 amide bonds. The molecule has 0 radical (unpaired) electrons. The van der Waals surface area contributed by atoms with E-state index >= 15 is 0 Å². The monoisotopic (exact) mass is 663 g/mol. The number of para-hydroxylation sites is 1. The average Bonchev–Trinajstić information content (AvgIpc) is 3.08. The standard InChI is InChI=1S/C19H20N4O3.C13H14ClN3O3.CH4/c1-24-15-9-14(10-16(25-2)19(15)26-3)22-18-12-20-11-17(23-18)21-13-7-5-4-6-8-13;1-18-9-4-8(5-10(19-2)13(9)20-3)16-12-7-15-6-11(14)17-12;/h4-12H,1-3H3,(H2,21,22,23);4-7H,1-3H3,(H,16,17);1H4. The van der Waals surface area contributed by atoms with E-state index in [1.807, 2.05) is 30.3 Å². The second-order valence-electron chi connectivity index (χ2n) is 9.09. The minimum Gasteiger partial charge on any atom is -0.493 e. The van der Waals surface area contributed by atoms with Crippen LogP contribution in [0.25, 0.3) is 0 Å². The summed E-state index contributed by atoms with van der Waals surface area (Å²) in [6.07, 6.45) is 6.32. The van der Waals surface area contributed by atoms with Crippen LogP contribution in [0.3, 0.4) is 0 Å². The molecule has 3 aromatic carbocycles. The first-order valence-electron chi connectivity index (χ1n) is 13.7. The fourth-order valence-corrected chi connectivity index (χ4v) is 4.31. The van der Waals surface area contributed by atoms with E-state index in [0.29, 0.717) is 57.1 Å². The van der Waals surface area contributed by atoms with Crippen LogP contribution in [0.2, 0.25) is 5.15 Å². The molecule has 5 aromatic rings. The van der Waals surface area contributed by atoms with Crippen LogP contribution in [0.1, 0.15) is 7.43 Å². The highest BCUT2D eigenvalue weighted by molar-refractivity contribution is 6.29. The lowest BCUT2D eigenvalue weighted by molar-refractivity contribution is 0.324. The van der Waals surface area contributed by atoms with Crippen molar-refractivity contribution in [3.05, 3.63) is 84.5 Å². The van der Waals surface area contributed by atoms with Gasteiger partial charge in [-0.3, -0.25) is 9.97 Å². The summed E-state index contributed by atoms with van der Waals surface area (Å²) in [5.41, 5.74) is 2.40. The van der Waals surface area contributed by atoms with Crippen LogP contribution in [0.5, 0.6) is 34.5 Å². The highest BCUT2D eigenvalue weighted by atomic mass is 35.5. The molecule has 248 valence electrons. The van der Waals surface area contributed by atoms with Gasteiger partial charge in [0.1, 0.15) is 5.15 Å². The Balaban J connectivity index is 0.000000259. The first kappa shape index (κ1) is 35.8. The third-order valence-corrected chi connectivity index (χ3v) is 6.34. The van der Waals surface area contributed by atoms with Gasteiger partial charge in [0.05, 0.1) is 67.4 Å². The third-order valence-electron chi connectivity index (χ3n) is 6.16. The summed E-state index contributed by atoms with van der Waals surface area (Å²) in [6, 6.07) is 16.9. The van der Waals surface area contributed by atoms with Gasteiger partial charge >= 0.3 is 0 Å². The Labute approximate surface area is 279 Å². The quantitative estimate of drug-likeness (QED) is 0.121. The highest BCUT2D eigenvalue weighted by Gasteiger charge is 2.15. The van der Waals surface area contributed by atoms with Crippen molar-refractivity contribution in [3.63, 3.8) is 0 Å². The fraction of sp³-hybridized carbons (Fsp3) is 0.212. The Bertz CT molecular complexity index is 1680. The van der Waals surface area contributed by atoms with Crippen LogP contribution < -0.4 is 44.4 Å². The van der Waals surface area contributed by atoms with E-state index in [4.69, 9.17) is 40.0 Å². The number of anilines is 6. The molecule has 5 rings (SSSR count). The van der Waals surface area contributed by atoms with Crippen LogP contribution >= 0.6 is 11.6 Å². The zero-order valence-corrected chi connectivity index (χ0v) is 26.9. The van der Waals surface area contributed by atoms with Crippen molar-refractivity contribution in [1.82, 2.24) is 19.9 Å². The minimum atomic E-state index is 0. The van der Waals surface area contributed by atoms with Gasteiger partial charge in [0, 0.05) is 41.3 Å². The van der Waals surface area contributed by atoms with Crippen molar-refractivity contribution >= 4 is 46.1 Å². The van der Waals surface area contributed by atoms with E-state index < -0.39 is 0 Å². The lowest BCUT2D eigenvalue weighted by Gasteiger charge is -2.15. The zero-order chi connectivity index (χ0) is 32.9. The van der Waals surface area contributed by atoms with E-state index in [2.05, 4.69) is 35.9 Å². The van der Waals surface area contributed by atoms with Crippen molar-refractivity contribution in [2.75, 3.05) is 58.6 Å². The summed E-state index contributed by atoms with van der Waals surface area (Å²) >= 11 is 5.79. The second-order valence-corrected chi connectivity index (χ2v) is 9.47. The topological polar surface area (TPSA) is 143 Å². The van der Waals surface area contributed by atoms with Crippen LogP contribution in [-0.2, 0) is 0 Å². The number of aromatic nitrogens is 4. The molecule has 3 N–H and O–H groups in total. The van der Waals surface area contributed by atoms with Gasteiger partial charge in [-0.2, -0.15) is 0 Å². The number of benzene rings is 3. The molecule has 0 aliphatic rings. The summed E-state index contributed by atoms with van der Waals surface area (Å²) in [4.78, 5) is 16.8. The van der Waals surface area contributed by atoms with E-state index in [1.165, 1.54) is 6.20 Å². The van der Waals surface area contributed by atoms with Crippen LogP contribution in [0.4, 0.5) is 34.5 Å². The Hall–Kier alpha value is -5.69. The summed E-state index contributed by atoms with van der Waals surface area (Å²) in [5.74, 6) is 5.00. The number of methoxy groups -OCH3 is 6. The Morgan fingerprint density at radius 2 is 0.872 bits per heavy atom. The van der Waals surface area contributed by atoms with Crippen LogP contribution in [-0.4, -0.2) is 62.6 Å². The van der Waals surface area contributed by atoms with Crippen molar-refractivity contribution < 1.29 is 28.4 Å². The van der Waals surface area contributed by atoms with Gasteiger partial charge in [-0.15, -0.1) is 0 Å². The highest BCUT2D eigenvalue weighted by Crippen LogP contribution is 2.41. The number of hydrogen-bond acceptors (Lipinski definition) is 13. The molecular weight excluding hydrogens is 626 g/mol. The molecule has 0 aliphatic heterocycles. The number of nitrogens with one attached hydrogen (secondary N) is 3. The van der Waals surface area contributed by atoms with E-state index in [9.17, 15) is 0 Å². The first-order valence-corrected chi connectivity index (χ1v) is 14.0. The summed E-state index contributed by atoms with van der Waals surface area (Å²) in [6.45, 7) is 0. The van der Waals surface area contributed by atoms with Crippen LogP contribution in [0.15, 0.2) is 79.4 Å². The van der Waals surface area contributed by atoms with Gasteiger partial charge in [-0.05, 0) is 12.1 Å². The SMILES string of the molecule is C.COc1cc(Nc2cncc(Cl)n2)cc(OC)c1OC.COc1cc(Nc2cncc(Nc3ccccc3)n2)cc(OC)c1OC. The molecule has 0 saturated carbocycles. The largest absolute Gasteiger partial charge is 0.493 e. The number of halogens is 1. The van der Waals surface area contributed by atoms with Gasteiger partial charge in [0.25, 0.3) is 0 Å². The molecule has 0 spiro atoms. The minimum absolute atomic E-state index is 0. The Morgan fingerprint density at radius 1 is 0.489 bits per heavy atom. The van der Waals surface area contributed by atoms with Gasteiger partial charge in [-0.1, -0.05) is 37.2 Å². The predicted molar refractivity (Wildman–Crippen MR) is 184 cm³/mol. The molecule has 0 saturated heterocycles. The number of rotatable bonds is 12. The number of nitrogens with zero attached hydrogens (tertiary/aromatic N) is 4. The first-order chi connectivity index (χ1) is 22.4. The lowest BCUT2D eigenvalue weighted by Crippen LogP contribution is -2.01. The zero-order valence-electron chi connectivity index (χ0n) is 26.1. The molecule has 0 atom stereocenters. The molecule has 13 nitrogen and oxygen atoms in total. The molecule has 47 heavy (non-hydrogen) atoms. The van der Waals surface area contributed by atoms with E-state index in [0.717, 1.165) is 17.1 Å². The molecule has 0 fully saturated rings. The smallest absolute Gasteiger partial charge is 0.203 e. The average molecular weight is 664 g/mol.